The van der Waals surface area contributed by atoms with Gasteiger partial charge in [0.05, 0.1) is 24.1 Å². The molecule has 1 aromatic carbocycles. The van der Waals surface area contributed by atoms with E-state index in [-0.39, 0.29) is 0 Å². The van der Waals surface area contributed by atoms with Crippen molar-refractivity contribution in [3.05, 3.63) is 66.0 Å². The van der Waals surface area contributed by atoms with Gasteiger partial charge in [0.2, 0.25) is 0 Å². The van der Waals surface area contributed by atoms with Crippen molar-refractivity contribution in [1.82, 2.24) is 9.38 Å². The summed E-state index contributed by atoms with van der Waals surface area (Å²) < 4.78 is 12.4. The summed E-state index contributed by atoms with van der Waals surface area (Å²) in [6, 6.07) is 14.5. The molecule has 0 unspecified atom stereocenters. The van der Waals surface area contributed by atoms with Crippen molar-refractivity contribution < 1.29 is 9.15 Å². The van der Waals surface area contributed by atoms with E-state index in [4.69, 9.17) is 20.8 Å². The Morgan fingerprint density at radius 2 is 1.92 bits per heavy atom. The lowest BCUT2D eigenvalue weighted by Gasteiger charge is -1.99. The van der Waals surface area contributed by atoms with E-state index in [1.54, 1.807) is 36.1 Å². The highest BCUT2D eigenvalue weighted by atomic mass is 35.5. The van der Waals surface area contributed by atoms with Gasteiger partial charge in [0.1, 0.15) is 11.4 Å². The highest BCUT2D eigenvalue weighted by Crippen LogP contribution is 2.33. The molecule has 6 nitrogen and oxygen atoms in total. The molecule has 0 saturated heterocycles. The molecule has 0 N–H and O–H groups in total. The predicted octanol–water partition coefficient (Wildman–Crippen LogP) is 5.67. The minimum absolute atomic E-state index is 0.545. The highest BCUT2D eigenvalue weighted by molar-refractivity contribution is 6.30. The van der Waals surface area contributed by atoms with Crippen LogP contribution >= 0.6 is 11.6 Å². The van der Waals surface area contributed by atoms with Crippen LogP contribution in [0.25, 0.3) is 17.1 Å². The van der Waals surface area contributed by atoms with E-state index in [1.807, 2.05) is 36.4 Å². The topological polar surface area (TPSA) is 64.4 Å². The van der Waals surface area contributed by atoms with Crippen LogP contribution in [0.5, 0.6) is 5.75 Å². The Kier molecular flexibility index (Phi) is 3.95. The zero-order valence-corrected chi connectivity index (χ0v) is 14.0. The third-order valence-corrected chi connectivity index (χ3v) is 3.87. The first-order valence-electron chi connectivity index (χ1n) is 7.52. The van der Waals surface area contributed by atoms with Gasteiger partial charge in [-0.2, -0.15) is 0 Å². The van der Waals surface area contributed by atoms with Gasteiger partial charge in [0, 0.05) is 6.20 Å². The van der Waals surface area contributed by atoms with E-state index in [0.29, 0.717) is 33.6 Å². The number of nitrogens with zero attached hydrogens (tertiary/aromatic N) is 4. The predicted molar refractivity (Wildman–Crippen MR) is 95.1 cm³/mol. The van der Waals surface area contributed by atoms with E-state index >= 15 is 0 Å². The lowest BCUT2D eigenvalue weighted by Crippen LogP contribution is -1.83. The summed E-state index contributed by atoms with van der Waals surface area (Å²) >= 11 is 6.12. The van der Waals surface area contributed by atoms with Crippen molar-refractivity contribution in [3.63, 3.8) is 0 Å². The van der Waals surface area contributed by atoms with Crippen LogP contribution in [0.15, 0.2) is 75.6 Å². The van der Waals surface area contributed by atoms with Gasteiger partial charge in [-0.05, 0) is 48.5 Å². The number of benzene rings is 1. The van der Waals surface area contributed by atoms with Crippen molar-refractivity contribution in [2.45, 2.75) is 0 Å². The molecule has 124 valence electrons. The molecule has 0 aliphatic rings. The van der Waals surface area contributed by atoms with Crippen molar-refractivity contribution in [3.8, 4) is 17.2 Å². The standard InChI is InChI=1S/C18H13ClN4O2/c1-24-14-7-5-13(6-8-14)21-22-18-17(15-3-2-10-25-15)20-16-9-4-12(19)11-23(16)18/h2-11H,1H3. The number of rotatable bonds is 4. The van der Waals surface area contributed by atoms with Gasteiger partial charge in [-0.15, -0.1) is 10.2 Å². The second-order valence-electron chi connectivity index (χ2n) is 5.23. The van der Waals surface area contributed by atoms with Crippen molar-refractivity contribution in [2.75, 3.05) is 7.11 Å². The van der Waals surface area contributed by atoms with Gasteiger partial charge in [-0.3, -0.25) is 4.40 Å². The van der Waals surface area contributed by atoms with E-state index in [0.717, 1.165) is 5.75 Å². The average molecular weight is 353 g/mol. The average Bonchev–Trinajstić information content (AvgIpc) is 3.28. The molecule has 0 radical (unpaired) electrons. The van der Waals surface area contributed by atoms with Crippen LogP contribution in [0.2, 0.25) is 5.02 Å². The second kappa shape index (κ2) is 6.41. The molecule has 4 aromatic rings. The minimum atomic E-state index is 0.545. The molecule has 0 amide bonds. The summed E-state index contributed by atoms with van der Waals surface area (Å²) in [5.74, 6) is 1.92. The van der Waals surface area contributed by atoms with Gasteiger partial charge >= 0.3 is 0 Å². The fraction of sp³-hybridized carbons (Fsp3) is 0.0556. The van der Waals surface area contributed by atoms with Gasteiger partial charge in [-0.1, -0.05) is 11.6 Å². The number of hydrogen-bond donors (Lipinski definition) is 0. The number of methoxy groups -OCH3 is 1. The van der Waals surface area contributed by atoms with Crippen molar-refractivity contribution >= 4 is 28.8 Å². The number of furan rings is 1. The number of fused-ring (bicyclic) bond motifs is 1. The molecule has 0 spiro atoms. The van der Waals surface area contributed by atoms with Crippen LogP contribution in [0.4, 0.5) is 11.5 Å². The number of aromatic nitrogens is 2. The van der Waals surface area contributed by atoms with E-state index in [9.17, 15) is 0 Å². The summed E-state index contributed by atoms with van der Waals surface area (Å²) in [5, 5.41) is 9.26. The largest absolute Gasteiger partial charge is 0.497 e. The molecule has 7 heteroatoms. The number of imidazole rings is 1. The maximum atomic E-state index is 6.12. The number of halogens is 1. The molecular formula is C18H13ClN4O2. The molecular weight excluding hydrogens is 340 g/mol. The number of hydrogen-bond acceptors (Lipinski definition) is 5. The Morgan fingerprint density at radius 3 is 2.64 bits per heavy atom. The highest BCUT2D eigenvalue weighted by Gasteiger charge is 2.16. The second-order valence-corrected chi connectivity index (χ2v) is 5.67. The number of pyridine rings is 1. The molecule has 0 aliphatic carbocycles. The molecule has 0 aliphatic heterocycles. The van der Waals surface area contributed by atoms with E-state index in [2.05, 4.69) is 15.2 Å². The molecule has 0 bridgehead atoms. The summed E-state index contributed by atoms with van der Waals surface area (Å²) in [6.07, 6.45) is 3.34. The minimum Gasteiger partial charge on any atom is -0.497 e. The van der Waals surface area contributed by atoms with Crippen LogP contribution in [0.3, 0.4) is 0 Å². The Labute approximate surface area is 148 Å². The zero-order valence-electron chi connectivity index (χ0n) is 13.3. The lowest BCUT2D eigenvalue weighted by molar-refractivity contribution is 0.415. The molecule has 3 aromatic heterocycles. The summed E-state index contributed by atoms with van der Waals surface area (Å²) in [7, 11) is 1.62. The van der Waals surface area contributed by atoms with Crippen LogP contribution in [0.1, 0.15) is 0 Å². The Bertz CT molecular complexity index is 1040. The first-order valence-corrected chi connectivity index (χ1v) is 7.90. The number of ether oxygens (including phenoxy) is 1. The summed E-state index contributed by atoms with van der Waals surface area (Å²) in [5.41, 5.74) is 2.01. The molecule has 0 saturated carbocycles. The fourth-order valence-electron chi connectivity index (χ4n) is 2.43. The molecule has 25 heavy (non-hydrogen) atoms. The fourth-order valence-corrected chi connectivity index (χ4v) is 2.60. The zero-order chi connectivity index (χ0) is 17.2. The maximum absolute atomic E-state index is 6.12. The van der Waals surface area contributed by atoms with Crippen molar-refractivity contribution in [2.24, 2.45) is 10.2 Å². The van der Waals surface area contributed by atoms with Crippen LogP contribution < -0.4 is 4.74 Å². The van der Waals surface area contributed by atoms with Gasteiger partial charge in [-0.25, -0.2) is 4.98 Å². The van der Waals surface area contributed by atoms with Gasteiger partial charge in [0.25, 0.3) is 0 Å². The monoisotopic (exact) mass is 352 g/mol. The molecule has 3 heterocycles. The summed E-state index contributed by atoms with van der Waals surface area (Å²) in [4.78, 5) is 4.57. The van der Waals surface area contributed by atoms with E-state index < -0.39 is 0 Å². The SMILES string of the molecule is COc1ccc(N=Nc2c(-c3ccco3)nc3ccc(Cl)cn23)cc1. The third-order valence-electron chi connectivity index (χ3n) is 3.64. The molecule has 0 fully saturated rings. The van der Waals surface area contributed by atoms with Crippen LogP contribution in [-0.4, -0.2) is 16.5 Å². The lowest BCUT2D eigenvalue weighted by atomic mass is 10.3. The number of azo groups is 1. The molecule has 4 rings (SSSR count). The molecule has 0 atom stereocenters. The quantitative estimate of drug-likeness (QED) is 0.444. The Balaban J connectivity index is 1.82. The van der Waals surface area contributed by atoms with Crippen molar-refractivity contribution in [1.29, 1.82) is 0 Å². The van der Waals surface area contributed by atoms with Crippen LogP contribution in [0, 0.1) is 0 Å². The van der Waals surface area contributed by atoms with Crippen LogP contribution in [-0.2, 0) is 0 Å². The smallest absolute Gasteiger partial charge is 0.190 e. The van der Waals surface area contributed by atoms with Gasteiger partial charge < -0.3 is 9.15 Å². The van der Waals surface area contributed by atoms with Gasteiger partial charge in [0.15, 0.2) is 17.3 Å². The Morgan fingerprint density at radius 1 is 1.08 bits per heavy atom. The first-order chi connectivity index (χ1) is 12.2. The van der Waals surface area contributed by atoms with E-state index in [1.165, 1.54) is 0 Å². The summed E-state index contributed by atoms with van der Waals surface area (Å²) in [6.45, 7) is 0. The third kappa shape index (κ3) is 2.99. The maximum Gasteiger partial charge on any atom is 0.190 e. The normalized spacial score (nSPS) is 11.4. The Hall–Kier alpha value is -3.12. The first kappa shape index (κ1) is 15.4.